The van der Waals surface area contributed by atoms with Crippen molar-refractivity contribution < 1.29 is 9.90 Å². The summed E-state index contributed by atoms with van der Waals surface area (Å²) in [5, 5.41) is 12.1. The van der Waals surface area contributed by atoms with Crippen molar-refractivity contribution in [2.45, 2.75) is 6.54 Å². The third-order valence-electron chi connectivity index (χ3n) is 2.42. The molecule has 98 valence electrons. The zero-order valence-corrected chi connectivity index (χ0v) is 13.5. The molecular weight excluding hydrogens is 423 g/mol. The Morgan fingerprint density at radius 1 is 1.37 bits per heavy atom. The van der Waals surface area contributed by atoms with Crippen molar-refractivity contribution in [2.24, 2.45) is 0 Å². The first-order chi connectivity index (χ1) is 9.06. The van der Waals surface area contributed by atoms with Crippen LogP contribution in [0.15, 0.2) is 40.9 Å². The topological polar surface area (TPSA) is 62.2 Å². The lowest BCUT2D eigenvalue weighted by Gasteiger charge is -2.08. The molecule has 1 aromatic carbocycles. The minimum Gasteiger partial charge on any atom is -0.477 e. The fraction of sp³-hybridized carbons (Fsp3) is 0.0769. The van der Waals surface area contributed by atoms with Crippen molar-refractivity contribution in [1.82, 2.24) is 4.98 Å². The summed E-state index contributed by atoms with van der Waals surface area (Å²) >= 11 is 5.71. The second-order valence-corrected chi connectivity index (χ2v) is 5.90. The Kier molecular flexibility index (Phi) is 4.76. The summed E-state index contributed by atoms with van der Waals surface area (Å²) in [5.41, 5.74) is 1.69. The number of aromatic carboxylic acids is 1. The van der Waals surface area contributed by atoms with Crippen LogP contribution in [0.1, 0.15) is 16.2 Å². The van der Waals surface area contributed by atoms with E-state index in [9.17, 15) is 4.79 Å². The maximum Gasteiger partial charge on any atom is 0.354 e. The van der Waals surface area contributed by atoms with E-state index in [0.29, 0.717) is 12.2 Å². The molecule has 0 spiro atoms. The molecule has 2 N–H and O–H groups in total. The predicted octanol–water partition coefficient (Wildman–Crippen LogP) is 3.76. The van der Waals surface area contributed by atoms with E-state index in [4.69, 9.17) is 5.11 Å². The SMILES string of the molecule is O=C(O)c1cccc(CNc2ccc(I)cc2Br)n1. The Morgan fingerprint density at radius 3 is 2.84 bits per heavy atom. The highest BCUT2D eigenvalue weighted by molar-refractivity contribution is 14.1. The van der Waals surface area contributed by atoms with E-state index in [1.165, 1.54) is 6.07 Å². The highest BCUT2D eigenvalue weighted by Gasteiger charge is 2.05. The second kappa shape index (κ2) is 6.33. The smallest absolute Gasteiger partial charge is 0.354 e. The van der Waals surface area contributed by atoms with Crippen molar-refractivity contribution in [1.29, 1.82) is 0 Å². The zero-order valence-electron chi connectivity index (χ0n) is 9.73. The fourth-order valence-corrected chi connectivity index (χ4v) is 2.95. The Morgan fingerprint density at radius 2 is 2.16 bits per heavy atom. The molecule has 6 heteroatoms. The van der Waals surface area contributed by atoms with E-state index in [0.717, 1.165) is 13.7 Å². The number of carbonyl (C=O) groups is 1. The van der Waals surface area contributed by atoms with Crippen LogP contribution >= 0.6 is 38.5 Å². The summed E-state index contributed by atoms with van der Waals surface area (Å²) in [6, 6.07) is 10.9. The van der Waals surface area contributed by atoms with Crippen LogP contribution in [0.4, 0.5) is 5.69 Å². The lowest BCUT2D eigenvalue weighted by molar-refractivity contribution is 0.0690. The van der Waals surface area contributed by atoms with Gasteiger partial charge in [0.05, 0.1) is 12.2 Å². The molecule has 0 saturated carbocycles. The Balaban J connectivity index is 2.10. The van der Waals surface area contributed by atoms with Gasteiger partial charge in [-0.1, -0.05) is 6.07 Å². The number of hydrogen-bond acceptors (Lipinski definition) is 3. The fourth-order valence-electron chi connectivity index (χ4n) is 1.52. The molecule has 0 aliphatic rings. The van der Waals surface area contributed by atoms with E-state index in [2.05, 4.69) is 48.8 Å². The van der Waals surface area contributed by atoms with Crippen LogP contribution in [0.3, 0.4) is 0 Å². The van der Waals surface area contributed by atoms with E-state index in [-0.39, 0.29) is 5.69 Å². The summed E-state index contributed by atoms with van der Waals surface area (Å²) in [5.74, 6) is -1.02. The van der Waals surface area contributed by atoms with Gasteiger partial charge in [-0.25, -0.2) is 9.78 Å². The lowest BCUT2D eigenvalue weighted by atomic mass is 10.2. The summed E-state index contributed by atoms with van der Waals surface area (Å²) in [4.78, 5) is 14.9. The number of halogens is 2. The third-order valence-corrected chi connectivity index (χ3v) is 3.74. The molecule has 0 aliphatic heterocycles. The molecule has 2 rings (SSSR count). The Hall–Kier alpha value is -1.15. The maximum absolute atomic E-state index is 10.8. The number of pyridine rings is 1. The van der Waals surface area contributed by atoms with Gasteiger partial charge in [0.15, 0.2) is 0 Å². The van der Waals surface area contributed by atoms with Crippen molar-refractivity contribution in [3.8, 4) is 0 Å². The monoisotopic (exact) mass is 432 g/mol. The minimum atomic E-state index is -1.02. The number of hydrogen-bond donors (Lipinski definition) is 2. The Labute approximate surface area is 132 Å². The van der Waals surface area contributed by atoms with E-state index >= 15 is 0 Å². The molecule has 0 bridgehead atoms. The summed E-state index contributed by atoms with van der Waals surface area (Å²) in [6.45, 7) is 0.473. The molecule has 19 heavy (non-hydrogen) atoms. The van der Waals surface area contributed by atoms with Gasteiger partial charge in [0.2, 0.25) is 0 Å². The highest BCUT2D eigenvalue weighted by atomic mass is 127. The normalized spacial score (nSPS) is 10.2. The van der Waals surface area contributed by atoms with Crippen LogP contribution in [0.25, 0.3) is 0 Å². The van der Waals surface area contributed by atoms with Crippen molar-refractivity contribution in [2.75, 3.05) is 5.32 Å². The number of carboxylic acids is 1. The van der Waals surface area contributed by atoms with Crippen LogP contribution in [0.2, 0.25) is 0 Å². The van der Waals surface area contributed by atoms with Gasteiger partial charge in [-0.15, -0.1) is 0 Å². The first-order valence-electron chi connectivity index (χ1n) is 5.44. The summed E-state index contributed by atoms with van der Waals surface area (Å²) in [6.07, 6.45) is 0. The minimum absolute atomic E-state index is 0.0565. The van der Waals surface area contributed by atoms with Crippen molar-refractivity contribution in [3.05, 3.63) is 55.8 Å². The Bertz CT molecular complexity index is 619. The lowest BCUT2D eigenvalue weighted by Crippen LogP contribution is -2.06. The zero-order chi connectivity index (χ0) is 13.8. The number of nitrogens with one attached hydrogen (secondary N) is 1. The highest BCUT2D eigenvalue weighted by Crippen LogP contribution is 2.24. The van der Waals surface area contributed by atoms with Crippen molar-refractivity contribution >= 4 is 50.2 Å². The quantitative estimate of drug-likeness (QED) is 0.722. The number of nitrogens with zero attached hydrogens (tertiary/aromatic N) is 1. The van der Waals surface area contributed by atoms with Gasteiger partial charge in [-0.3, -0.25) is 0 Å². The van der Waals surface area contributed by atoms with Crippen LogP contribution in [0.5, 0.6) is 0 Å². The van der Waals surface area contributed by atoms with Gasteiger partial charge >= 0.3 is 5.97 Å². The molecule has 0 unspecified atom stereocenters. The number of rotatable bonds is 4. The summed E-state index contributed by atoms with van der Waals surface area (Å²) < 4.78 is 2.11. The number of carboxylic acid groups (broad SMARTS) is 1. The van der Waals surface area contributed by atoms with Gasteiger partial charge in [-0.05, 0) is 68.9 Å². The van der Waals surface area contributed by atoms with Gasteiger partial charge in [0.1, 0.15) is 5.69 Å². The molecule has 0 radical (unpaired) electrons. The molecule has 0 fully saturated rings. The van der Waals surface area contributed by atoms with Gasteiger partial charge in [0, 0.05) is 13.7 Å². The van der Waals surface area contributed by atoms with Crippen LogP contribution < -0.4 is 5.32 Å². The van der Waals surface area contributed by atoms with Crippen molar-refractivity contribution in [3.63, 3.8) is 0 Å². The van der Waals surface area contributed by atoms with Crippen LogP contribution in [-0.2, 0) is 6.54 Å². The average Bonchev–Trinajstić information content (AvgIpc) is 2.38. The summed E-state index contributed by atoms with van der Waals surface area (Å²) in [7, 11) is 0. The van der Waals surface area contributed by atoms with Gasteiger partial charge in [-0.2, -0.15) is 0 Å². The van der Waals surface area contributed by atoms with Gasteiger partial charge < -0.3 is 10.4 Å². The number of anilines is 1. The second-order valence-electron chi connectivity index (χ2n) is 3.80. The first kappa shape index (κ1) is 14.3. The molecular formula is C13H10BrIN2O2. The molecule has 0 aliphatic carbocycles. The van der Waals surface area contributed by atoms with Crippen LogP contribution in [0, 0.1) is 3.57 Å². The molecule has 0 saturated heterocycles. The third kappa shape index (κ3) is 3.90. The van der Waals surface area contributed by atoms with E-state index in [1.807, 2.05) is 18.2 Å². The number of aromatic nitrogens is 1. The standard InChI is InChI=1S/C13H10BrIN2O2/c14-10-6-8(15)4-5-11(10)16-7-9-2-1-3-12(17-9)13(18)19/h1-6,16H,7H2,(H,18,19). The molecule has 1 heterocycles. The van der Waals surface area contributed by atoms with E-state index < -0.39 is 5.97 Å². The maximum atomic E-state index is 10.8. The van der Waals surface area contributed by atoms with Gasteiger partial charge in [0.25, 0.3) is 0 Å². The first-order valence-corrected chi connectivity index (χ1v) is 7.31. The molecule has 0 atom stereocenters. The predicted molar refractivity (Wildman–Crippen MR) is 85.4 cm³/mol. The van der Waals surface area contributed by atoms with Crippen LogP contribution in [-0.4, -0.2) is 16.1 Å². The molecule has 2 aromatic rings. The van der Waals surface area contributed by atoms with E-state index in [1.54, 1.807) is 12.1 Å². The average molecular weight is 433 g/mol. The molecule has 1 aromatic heterocycles. The molecule has 4 nitrogen and oxygen atoms in total. The largest absolute Gasteiger partial charge is 0.477 e. The number of benzene rings is 1. The molecule has 0 amide bonds.